The number of amides is 1. The molecule has 2 saturated heterocycles. The predicted molar refractivity (Wildman–Crippen MR) is 98.1 cm³/mol. The zero-order valence-corrected chi connectivity index (χ0v) is 14.8. The number of carbonyl (C=O) groups excluding carboxylic acids is 1. The van der Waals surface area contributed by atoms with Gasteiger partial charge in [0.25, 0.3) is 5.91 Å². The molecule has 25 heavy (non-hydrogen) atoms. The molecule has 132 valence electrons. The number of rotatable bonds is 3. The fourth-order valence-corrected chi connectivity index (χ4v) is 4.29. The largest absolute Gasteiger partial charge is 0.366 e. The first kappa shape index (κ1) is 16.3. The summed E-state index contributed by atoms with van der Waals surface area (Å²) in [6.07, 6.45) is 2.17. The Hall–Kier alpha value is -2.15. The van der Waals surface area contributed by atoms with Gasteiger partial charge < -0.3 is 14.7 Å². The molecule has 0 radical (unpaired) electrons. The number of para-hydroxylation sites is 1. The Labute approximate surface area is 150 Å². The third kappa shape index (κ3) is 3.33. The first-order chi connectivity index (χ1) is 12.2. The number of nitrogens with zero attached hydrogens (tertiary/aromatic N) is 4. The number of hydrogen-bond donors (Lipinski definition) is 0. The smallest absolute Gasteiger partial charge is 0.273 e. The highest BCUT2D eigenvalue weighted by atomic mass is 32.1. The molecular weight excluding hydrogens is 339 g/mol. The summed E-state index contributed by atoms with van der Waals surface area (Å²) in [5.74, 6) is -0.131. The topological polar surface area (TPSA) is 39.7 Å². The maximum absolute atomic E-state index is 13.9. The van der Waals surface area contributed by atoms with Gasteiger partial charge in [-0.15, -0.1) is 11.3 Å². The van der Waals surface area contributed by atoms with Crippen molar-refractivity contribution < 1.29 is 9.18 Å². The van der Waals surface area contributed by atoms with Crippen LogP contribution in [0.4, 0.5) is 15.2 Å². The molecule has 2 fully saturated rings. The minimum atomic E-state index is -0.177. The SMILES string of the molecule is O=C(c1csc(N2CCN(c3ccccc3F)CC2)n1)N1CCCC1. The lowest BCUT2D eigenvalue weighted by atomic mass is 10.2. The summed E-state index contributed by atoms with van der Waals surface area (Å²) in [5, 5.41) is 2.75. The molecule has 1 aromatic heterocycles. The number of benzene rings is 1. The molecule has 0 aliphatic carbocycles. The summed E-state index contributed by atoms with van der Waals surface area (Å²) < 4.78 is 13.9. The quantitative estimate of drug-likeness (QED) is 0.844. The van der Waals surface area contributed by atoms with Gasteiger partial charge in [0, 0.05) is 44.6 Å². The summed E-state index contributed by atoms with van der Waals surface area (Å²) in [5.41, 5.74) is 1.21. The molecule has 3 heterocycles. The second-order valence-electron chi connectivity index (χ2n) is 6.44. The van der Waals surface area contributed by atoms with E-state index >= 15 is 0 Å². The number of carbonyl (C=O) groups is 1. The molecule has 0 bridgehead atoms. The van der Waals surface area contributed by atoms with Crippen LogP contribution >= 0.6 is 11.3 Å². The molecule has 4 rings (SSSR count). The van der Waals surface area contributed by atoms with Crippen LogP contribution in [0.3, 0.4) is 0 Å². The summed E-state index contributed by atoms with van der Waals surface area (Å²) in [4.78, 5) is 23.1. The normalized spacial score (nSPS) is 18.0. The van der Waals surface area contributed by atoms with E-state index in [4.69, 9.17) is 0 Å². The lowest BCUT2D eigenvalue weighted by Crippen LogP contribution is -2.46. The van der Waals surface area contributed by atoms with Crippen LogP contribution in [0, 0.1) is 5.82 Å². The predicted octanol–water partition coefficient (Wildman–Crippen LogP) is 2.84. The summed E-state index contributed by atoms with van der Waals surface area (Å²) >= 11 is 1.52. The second-order valence-corrected chi connectivity index (χ2v) is 7.28. The Kier molecular flexibility index (Phi) is 4.57. The molecule has 0 N–H and O–H groups in total. The zero-order valence-electron chi connectivity index (χ0n) is 14.0. The number of piperazine rings is 1. The highest BCUT2D eigenvalue weighted by Gasteiger charge is 2.25. The van der Waals surface area contributed by atoms with Gasteiger partial charge in [0.05, 0.1) is 5.69 Å². The highest BCUT2D eigenvalue weighted by molar-refractivity contribution is 7.13. The van der Waals surface area contributed by atoms with Crippen molar-refractivity contribution in [2.24, 2.45) is 0 Å². The van der Waals surface area contributed by atoms with Gasteiger partial charge in [-0.05, 0) is 25.0 Å². The lowest BCUT2D eigenvalue weighted by molar-refractivity contribution is 0.0788. The second kappa shape index (κ2) is 7.00. The van der Waals surface area contributed by atoms with Crippen molar-refractivity contribution in [3.8, 4) is 0 Å². The van der Waals surface area contributed by atoms with Crippen molar-refractivity contribution in [1.29, 1.82) is 0 Å². The molecule has 5 nitrogen and oxygen atoms in total. The van der Waals surface area contributed by atoms with Gasteiger partial charge in [0.2, 0.25) is 0 Å². The van der Waals surface area contributed by atoms with Crippen LogP contribution in [-0.4, -0.2) is 55.1 Å². The molecule has 2 aliphatic rings. The standard InChI is InChI=1S/C18H21FN4OS/c19-14-5-1-2-6-16(14)21-9-11-23(12-10-21)18-20-15(13-25-18)17(24)22-7-3-4-8-22/h1-2,5-6,13H,3-4,7-12H2. The van der Waals surface area contributed by atoms with E-state index in [-0.39, 0.29) is 11.7 Å². The van der Waals surface area contributed by atoms with Gasteiger partial charge >= 0.3 is 0 Å². The van der Waals surface area contributed by atoms with E-state index in [0.717, 1.165) is 57.2 Å². The van der Waals surface area contributed by atoms with Gasteiger partial charge in [0.1, 0.15) is 11.5 Å². The molecule has 7 heteroatoms. The Morgan fingerprint density at radius 1 is 1.00 bits per heavy atom. The van der Waals surface area contributed by atoms with Gasteiger partial charge in [-0.1, -0.05) is 12.1 Å². The number of hydrogen-bond acceptors (Lipinski definition) is 5. The molecule has 0 unspecified atom stereocenters. The van der Waals surface area contributed by atoms with E-state index in [2.05, 4.69) is 14.8 Å². The van der Waals surface area contributed by atoms with Crippen LogP contribution in [0.25, 0.3) is 0 Å². The number of likely N-dealkylation sites (tertiary alicyclic amines) is 1. The minimum absolute atomic E-state index is 0.0463. The lowest BCUT2D eigenvalue weighted by Gasteiger charge is -2.36. The molecule has 0 spiro atoms. The minimum Gasteiger partial charge on any atom is -0.366 e. The van der Waals surface area contributed by atoms with Crippen molar-refractivity contribution in [2.75, 3.05) is 49.1 Å². The van der Waals surface area contributed by atoms with E-state index < -0.39 is 0 Å². The zero-order chi connectivity index (χ0) is 17.2. The van der Waals surface area contributed by atoms with E-state index in [9.17, 15) is 9.18 Å². The number of halogens is 1. The first-order valence-electron chi connectivity index (χ1n) is 8.71. The van der Waals surface area contributed by atoms with Crippen molar-refractivity contribution in [2.45, 2.75) is 12.8 Å². The summed E-state index contributed by atoms with van der Waals surface area (Å²) in [6, 6.07) is 6.89. The first-order valence-corrected chi connectivity index (χ1v) is 9.59. The Balaban J connectivity index is 1.40. The molecule has 2 aliphatic heterocycles. The number of thiazole rings is 1. The van der Waals surface area contributed by atoms with Crippen molar-refractivity contribution in [1.82, 2.24) is 9.88 Å². The Bertz CT molecular complexity index is 751. The number of aromatic nitrogens is 1. The highest BCUT2D eigenvalue weighted by Crippen LogP contribution is 2.26. The van der Waals surface area contributed by atoms with Crippen molar-refractivity contribution >= 4 is 28.1 Å². The monoisotopic (exact) mass is 360 g/mol. The van der Waals surface area contributed by atoms with Crippen molar-refractivity contribution in [3.63, 3.8) is 0 Å². The fourth-order valence-electron chi connectivity index (χ4n) is 3.44. The van der Waals surface area contributed by atoms with E-state index in [1.807, 2.05) is 22.4 Å². The molecular formula is C18H21FN4OS. The van der Waals surface area contributed by atoms with Crippen LogP contribution < -0.4 is 9.80 Å². The summed E-state index contributed by atoms with van der Waals surface area (Å²) in [7, 11) is 0. The van der Waals surface area contributed by atoms with E-state index in [1.54, 1.807) is 6.07 Å². The molecule has 1 aromatic carbocycles. The van der Waals surface area contributed by atoms with Crippen LogP contribution in [-0.2, 0) is 0 Å². The maximum atomic E-state index is 13.9. The van der Waals surface area contributed by atoms with Crippen LogP contribution in [0.2, 0.25) is 0 Å². The average Bonchev–Trinajstić information content (AvgIpc) is 3.34. The van der Waals surface area contributed by atoms with Crippen molar-refractivity contribution in [3.05, 3.63) is 41.2 Å². The molecule has 0 atom stereocenters. The average molecular weight is 360 g/mol. The van der Waals surface area contributed by atoms with Gasteiger partial charge in [0.15, 0.2) is 5.13 Å². The molecule has 0 saturated carbocycles. The fraction of sp³-hybridized carbons (Fsp3) is 0.444. The third-order valence-electron chi connectivity index (χ3n) is 4.85. The van der Waals surface area contributed by atoms with Gasteiger partial charge in [-0.3, -0.25) is 4.79 Å². The van der Waals surface area contributed by atoms with Gasteiger partial charge in [-0.25, -0.2) is 9.37 Å². The molecule has 2 aromatic rings. The van der Waals surface area contributed by atoms with E-state index in [1.165, 1.54) is 17.4 Å². The van der Waals surface area contributed by atoms with Crippen LogP contribution in [0.1, 0.15) is 23.3 Å². The maximum Gasteiger partial charge on any atom is 0.273 e. The Morgan fingerprint density at radius 3 is 2.40 bits per heavy atom. The van der Waals surface area contributed by atoms with Crippen LogP contribution in [0.5, 0.6) is 0 Å². The summed E-state index contributed by atoms with van der Waals surface area (Å²) in [6.45, 7) is 4.73. The Morgan fingerprint density at radius 2 is 1.68 bits per heavy atom. The molecule has 1 amide bonds. The van der Waals surface area contributed by atoms with E-state index in [0.29, 0.717) is 11.4 Å². The number of anilines is 2. The van der Waals surface area contributed by atoms with Crippen LogP contribution in [0.15, 0.2) is 29.6 Å². The van der Waals surface area contributed by atoms with Gasteiger partial charge in [-0.2, -0.15) is 0 Å². The third-order valence-corrected chi connectivity index (χ3v) is 5.75.